The number of anilines is 2. The molecule has 1 fully saturated rings. The Morgan fingerprint density at radius 2 is 2.17 bits per heavy atom. The molecule has 1 aliphatic rings. The second-order valence-electron chi connectivity index (χ2n) is 4.10. The molecule has 2 aromatic heterocycles. The molecular weight excluding hydrogens is 268 g/mol. The molecule has 0 unspecified atom stereocenters. The standard InChI is InChI=1S/C11H14N4OS2/c1-7-13-8(6-17-7)9-10(12)14-18-11(9)15-2-4-16-5-3-15/h6H,2-5H2,1H3,(H2,12,14). The minimum Gasteiger partial charge on any atom is -0.382 e. The van der Waals surface area contributed by atoms with E-state index in [1.165, 1.54) is 11.5 Å². The smallest absolute Gasteiger partial charge is 0.148 e. The second kappa shape index (κ2) is 4.83. The van der Waals surface area contributed by atoms with Gasteiger partial charge in [-0.25, -0.2) is 4.98 Å². The van der Waals surface area contributed by atoms with Crippen molar-refractivity contribution in [2.45, 2.75) is 6.92 Å². The Morgan fingerprint density at radius 1 is 1.39 bits per heavy atom. The maximum atomic E-state index is 6.00. The van der Waals surface area contributed by atoms with Crippen molar-refractivity contribution in [2.24, 2.45) is 0 Å². The highest BCUT2D eigenvalue weighted by Gasteiger charge is 2.22. The first kappa shape index (κ1) is 11.9. The summed E-state index contributed by atoms with van der Waals surface area (Å²) >= 11 is 3.08. The lowest BCUT2D eigenvalue weighted by atomic mass is 10.2. The van der Waals surface area contributed by atoms with Crippen LogP contribution < -0.4 is 10.6 Å². The van der Waals surface area contributed by atoms with Crippen molar-refractivity contribution >= 4 is 33.7 Å². The Hall–Kier alpha value is -1.18. The second-order valence-corrected chi connectivity index (χ2v) is 5.91. The van der Waals surface area contributed by atoms with Crippen molar-refractivity contribution in [3.63, 3.8) is 0 Å². The first-order valence-electron chi connectivity index (χ1n) is 5.76. The minimum absolute atomic E-state index is 0.576. The molecule has 0 spiro atoms. The predicted octanol–water partition coefficient (Wildman–Crippen LogP) is 1.99. The summed E-state index contributed by atoms with van der Waals surface area (Å²) in [6, 6.07) is 0. The van der Waals surface area contributed by atoms with E-state index in [0.717, 1.165) is 47.6 Å². The lowest BCUT2D eigenvalue weighted by molar-refractivity contribution is 0.123. The number of aromatic nitrogens is 2. The van der Waals surface area contributed by atoms with Gasteiger partial charge in [0.05, 0.1) is 29.5 Å². The van der Waals surface area contributed by atoms with Crippen molar-refractivity contribution in [2.75, 3.05) is 36.9 Å². The number of morpholine rings is 1. The molecule has 1 saturated heterocycles. The molecule has 3 heterocycles. The average Bonchev–Trinajstić information content (AvgIpc) is 2.96. The molecule has 0 radical (unpaired) electrons. The Labute approximate surface area is 113 Å². The van der Waals surface area contributed by atoms with E-state index < -0.39 is 0 Å². The van der Waals surface area contributed by atoms with Gasteiger partial charge in [-0.3, -0.25) is 0 Å². The molecular formula is C11H14N4OS2. The highest BCUT2D eigenvalue weighted by molar-refractivity contribution is 7.11. The van der Waals surface area contributed by atoms with E-state index in [1.54, 1.807) is 11.3 Å². The number of rotatable bonds is 2. The van der Waals surface area contributed by atoms with Crippen molar-refractivity contribution in [3.8, 4) is 11.3 Å². The third-order valence-electron chi connectivity index (χ3n) is 2.87. The third-order valence-corrected chi connectivity index (χ3v) is 4.57. The summed E-state index contributed by atoms with van der Waals surface area (Å²) in [6.45, 7) is 5.29. The van der Waals surface area contributed by atoms with Crippen LogP contribution in [0.25, 0.3) is 11.3 Å². The summed E-state index contributed by atoms with van der Waals surface area (Å²) < 4.78 is 9.65. The number of hydrogen-bond donors (Lipinski definition) is 1. The van der Waals surface area contributed by atoms with Crippen molar-refractivity contribution in [3.05, 3.63) is 10.4 Å². The number of nitrogens with zero attached hydrogens (tertiary/aromatic N) is 3. The van der Waals surface area contributed by atoms with Crippen LogP contribution in [0.4, 0.5) is 10.8 Å². The van der Waals surface area contributed by atoms with Crippen LogP contribution in [0.5, 0.6) is 0 Å². The van der Waals surface area contributed by atoms with E-state index in [-0.39, 0.29) is 0 Å². The van der Waals surface area contributed by atoms with Gasteiger partial charge >= 0.3 is 0 Å². The van der Waals surface area contributed by atoms with E-state index in [0.29, 0.717) is 5.82 Å². The maximum absolute atomic E-state index is 6.00. The van der Waals surface area contributed by atoms with Crippen LogP contribution >= 0.6 is 22.9 Å². The Bertz CT molecular complexity index is 545. The molecule has 2 aromatic rings. The first-order chi connectivity index (χ1) is 8.75. The molecule has 2 N–H and O–H groups in total. The number of ether oxygens (including phenoxy) is 1. The fourth-order valence-corrected chi connectivity index (χ4v) is 3.47. The van der Waals surface area contributed by atoms with Crippen molar-refractivity contribution in [1.82, 2.24) is 9.36 Å². The van der Waals surface area contributed by atoms with Gasteiger partial charge in [-0.2, -0.15) is 4.37 Å². The fourth-order valence-electron chi connectivity index (χ4n) is 1.99. The molecule has 96 valence electrons. The summed E-state index contributed by atoms with van der Waals surface area (Å²) in [4.78, 5) is 6.80. The lowest BCUT2D eigenvalue weighted by Crippen LogP contribution is -2.35. The quantitative estimate of drug-likeness (QED) is 0.912. The fraction of sp³-hybridized carbons (Fsp3) is 0.455. The van der Waals surface area contributed by atoms with E-state index >= 15 is 0 Å². The van der Waals surface area contributed by atoms with Crippen molar-refractivity contribution < 1.29 is 4.74 Å². The number of nitrogen functional groups attached to an aromatic ring is 1. The number of hydrogen-bond acceptors (Lipinski definition) is 7. The summed E-state index contributed by atoms with van der Waals surface area (Å²) in [5, 5.41) is 4.20. The molecule has 7 heteroatoms. The van der Waals surface area contributed by atoms with Gasteiger partial charge in [0.2, 0.25) is 0 Å². The molecule has 5 nitrogen and oxygen atoms in total. The van der Waals surface area contributed by atoms with Gasteiger partial charge in [0.1, 0.15) is 10.8 Å². The SMILES string of the molecule is Cc1nc(-c2c(N)nsc2N2CCOCC2)cs1. The summed E-state index contributed by atoms with van der Waals surface area (Å²) in [7, 11) is 0. The summed E-state index contributed by atoms with van der Waals surface area (Å²) in [5.41, 5.74) is 7.91. The number of nitrogens with two attached hydrogens (primary N) is 1. The molecule has 0 amide bonds. The van der Waals surface area contributed by atoms with E-state index in [9.17, 15) is 0 Å². The Morgan fingerprint density at radius 3 is 2.83 bits per heavy atom. The summed E-state index contributed by atoms with van der Waals surface area (Å²) in [5.74, 6) is 0.576. The van der Waals surface area contributed by atoms with Gasteiger partial charge in [-0.05, 0) is 18.5 Å². The minimum atomic E-state index is 0.576. The molecule has 0 aromatic carbocycles. The van der Waals surface area contributed by atoms with Gasteiger partial charge in [0.15, 0.2) is 0 Å². The average molecular weight is 282 g/mol. The Balaban J connectivity index is 2.00. The van der Waals surface area contributed by atoms with E-state index in [1.807, 2.05) is 12.3 Å². The number of thiazole rings is 1. The molecule has 0 bridgehead atoms. The topological polar surface area (TPSA) is 64.3 Å². The normalized spacial score (nSPS) is 16.2. The molecule has 1 aliphatic heterocycles. The van der Waals surface area contributed by atoms with Crippen molar-refractivity contribution in [1.29, 1.82) is 0 Å². The highest BCUT2D eigenvalue weighted by Crippen LogP contribution is 2.39. The zero-order chi connectivity index (χ0) is 12.5. The molecule has 0 atom stereocenters. The maximum Gasteiger partial charge on any atom is 0.148 e. The lowest BCUT2D eigenvalue weighted by Gasteiger charge is -2.27. The molecule has 18 heavy (non-hydrogen) atoms. The van der Waals surface area contributed by atoms with Crippen LogP contribution in [-0.2, 0) is 4.74 Å². The zero-order valence-corrected chi connectivity index (χ0v) is 11.7. The first-order valence-corrected chi connectivity index (χ1v) is 7.41. The van der Waals surface area contributed by atoms with Crippen LogP contribution in [0, 0.1) is 6.92 Å². The van der Waals surface area contributed by atoms with Gasteiger partial charge in [0.25, 0.3) is 0 Å². The predicted molar refractivity (Wildman–Crippen MR) is 75.4 cm³/mol. The molecule has 0 saturated carbocycles. The van der Waals surface area contributed by atoms with Crippen LogP contribution in [0.2, 0.25) is 0 Å². The summed E-state index contributed by atoms with van der Waals surface area (Å²) in [6.07, 6.45) is 0. The van der Waals surface area contributed by atoms with Gasteiger partial charge in [-0.1, -0.05) is 0 Å². The van der Waals surface area contributed by atoms with E-state index in [2.05, 4.69) is 14.3 Å². The molecule has 3 rings (SSSR count). The van der Waals surface area contributed by atoms with Gasteiger partial charge in [-0.15, -0.1) is 11.3 Å². The largest absolute Gasteiger partial charge is 0.382 e. The number of aryl methyl sites for hydroxylation is 1. The monoisotopic (exact) mass is 282 g/mol. The van der Waals surface area contributed by atoms with Gasteiger partial charge in [0, 0.05) is 18.5 Å². The van der Waals surface area contributed by atoms with Gasteiger partial charge < -0.3 is 15.4 Å². The third kappa shape index (κ3) is 2.09. The van der Waals surface area contributed by atoms with Crippen LogP contribution in [0.15, 0.2) is 5.38 Å². The van der Waals surface area contributed by atoms with E-state index in [4.69, 9.17) is 10.5 Å². The Kier molecular flexibility index (Phi) is 3.19. The van der Waals surface area contributed by atoms with Crippen LogP contribution in [-0.4, -0.2) is 35.7 Å². The van der Waals surface area contributed by atoms with Crippen LogP contribution in [0.1, 0.15) is 5.01 Å². The molecule has 0 aliphatic carbocycles. The highest BCUT2D eigenvalue weighted by atomic mass is 32.1. The zero-order valence-electron chi connectivity index (χ0n) is 10.0. The van der Waals surface area contributed by atoms with Crippen LogP contribution in [0.3, 0.4) is 0 Å².